The molecule has 26 heavy (non-hydrogen) atoms. The van der Waals surface area contributed by atoms with Crippen LogP contribution in [0.3, 0.4) is 0 Å². The topological polar surface area (TPSA) is 30.2 Å². The molecule has 6 heteroatoms. The lowest BCUT2D eigenvalue weighted by atomic mass is 10.1. The van der Waals surface area contributed by atoms with Gasteiger partial charge in [-0.05, 0) is 49.8 Å². The number of hydrogen-bond donors (Lipinski definition) is 0. The van der Waals surface area contributed by atoms with E-state index in [1.165, 1.54) is 18.4 Å². The van der Waals surface area contributed by atoms with E-state index < -0.39 is 0 Å². The van der Waals surface area contributed by atoms with Crippen LogP contribution in [0.2, 0.25) is 10.0 Å². The van der Waals surface area contributed by atoms with Crippen molar-refractivity contribution in [1.82, 2.24) is 14.6 Å². The molecule has 0 amide bonds. The predicted octanol–water partition coefficient (Wildman–Crippen LogP) is 6.72. The Morgan fingerprint density at radius 3 is 2.58 bits per heavy atom. The second-order valence-corrected chi connectivity index (χ2v) is 7.95. The maximum absolute atomic E-state index is 6.49. The number of benzene rings is 1. The van der Waals surface area contributed by atoms with Crippen molar-refractivity contribution in [3.8, 4) is 11.3 Å². The van der Waals surface area contributed by atoms with Crippen molar-refractivity contribution in [2.24, 2.45) is 0 Å². The average molecular weight is 408 g/mol. The second kappa shape index (κ2) is 8.64. The van der Waals surface area contributed by atoms with Crippen LogP contribution in [0.25, 0.3) is 16.9 Å². The fourth-order valence-electron chi connectivity index (χ4n) is 3.17. The number of rotatable bonds is 7. The summed E-state index contributed by atoms with van der Waals surface area (Å²) in [7, 11) is 0. The van der Waals surface area contributed by atoms with Gasteiger partial charge in [-0.25, -0.2) is 9.50 Å². The zero-order valence-electron chi connectivity index (χ0n) is 15.4. The Labute approximate surface area is 169 Å². The summed E-state index contributed by atoms with van der Waals surface area (Å²) < 4.78 is 1.95. The Balaban J connectivity index is 2.22. The van der Waals surface area contributed by atoms with Gasteiger partial charge < -0.3 is 0 Å². The van der Waals surface area contributed by atoms with Crippen molar-refractivity contribution >= 4 is 40.6 Å². The molecular formula is C20H23Cl2N3S. The number of halogens is 2. The van der Waals surface area contributed by atoms with E-state index in [2.05, 4.69) is 19.9 Å². The van der Waals surface area contributed by atoms with Crippen LogP contribution >= 0.6 is 35.0 Å². The van der Waals surface area contributed by atoms with Crippen molar-refractivity contribution in [1.29, 1.82) is 0 Å². The molecule has 0 unspecified atom stereocenters. The van der Waals surface area contributed by atoms with Gasteiger partial charge in [-0.3, -0.25) is 0 Å². The zero-order valence-corrected chi connectivity index (χ0v) is 17.7. The largest absolute Gasteiger partial charge is 0.222 e. The van der Waals surface area contributed by atoms with Crippen LogP contribution in [0, 0.1) is 0 Å². The highest BCUT2D eigenvalue weighted by Crippen LogP contribution is 2.33. The fraction of sp³-hybridized carbons (Fsp3) is 0.400. The van der Waals surface area contributed by atoms with Gasteiger partial charge in [0.15, 0.2) is 5.65 Å². The number of thioether (sulfide) groups is 1. The summed E-state index contributed by atoms with van der Waals surface area (Å²) in [4.78, 5) is 4.87. The molecule has 2 heterocycles. The van der Waals surface area contributed by atoms with Gasteiger partial charge in [0.05, 0.1) is 16.4 Å². The fourth-order valence-corrected chi connectivity index (χ4v) is 4.08. The van der Waals surface area contributed by atoms with E-state index in [0.29, 0.717) is 10.0 Å². The van der Waals surface area contributed by atoms with Crippen LogP contribution in [0.5, 0.6) is 0 Å². The van der Waals surface area contributed by atoms with Gasteiger partial charge in [-0.15, -0.1) is 11.8 Å². The molecule has 0 saturated heterocycles. The molecule has 1 aromatic carbocycles. The van der Waals surface area contributed by atoms with Crippen LogP contribution in [0.15, 0.2) is 29.3 Å². The maximum Gasteiger partial charge on any atom is 0.160 e. The van der Waals surface area contributed by atoms with Crippen LogP contribution in [-0.2, 0) is 12.8 Å². The van der Waals surface area contributed by atoms with E-state index in [9.17, 15) is 0 Å². The molecule has 3 nitrogen and oxygen atoms in total. The summed E-state index contributed by atoms with van der Waals surface area (Å²) in [6, 6.07) is 7.64. The lowest BCUT2D eigenvalue weighted by molar-refractivity contribution is 0.714. The van der Waals surface area contributed by atoms with Crippen molar-refractivity contribution in [3.05, 3.63) is 45.6 Å². The number of aromatic nitrogens is 3. The summed E-state index contributed by atoms with van der Waals surface area (Å²) in [6.45, 7) is 4.37. The lowest BCUT2D eigenvalue weighted by Gasteiger charge is -2.10. The molecule has 0 aliphatic rings. The summed E-state index contributed by atoms with van der Waals surface area (Å²) in [6.07, 6.45) is 7.54. The van der Waals surface area contributed by atoms with Crippen LogP contribution in [0.1, 0.15) is 44.4 Å². The first-order chi connectivity index (χ1) is 12.6. The first kappa shape index (κ1) is 19.5. The smallest absolute Gasteiger partial charge is 0.160 e. The minimum absolute atomic E-state index is 0.623. The van der Waals surface area contributed by atoms with E-state index in [1.807, 2.05) is 22.9 Å². The predicted molar refractivity (Wildman–Crippen MR) is 113 cm³/mol. The van der Waals surface area contributed by atoms with Gasteiger partial charge in [-0.1, -0.05) is 49.9 Å². The van der Waals surface area contributed by atoms with Gasteiger partial charge in [0.25, 0.3) is 0 Å². The standard InChI is InChI=1S/C20H23Cl2N3S/c1-4-6-7-8-15-17(5-2)24-25-18(12-19(26-3)23-20(15)25)14-10-9-13(21)11-16(14)22/h9-12H,4-8H2,1-3H3. The third kappa shape index (κ3) is 3.88. The maximum atomic E-state index is 6.49. The molecule has 0 aliphatic heterocycles. The first-order valence-electron chi connectivity index (χ1n) is 9.00. The monoisotopic (exact) mass is 407 g/mol. The minimum atomic E-state index is 0.623. The molecule has 0 atom stereocenters. The highest BCUT2D eigenvalue weighted by atomic mass is 35.5. The third-order valence-corrected chi connectivity index (χ3v) is 5.70. The molecule has 0 aliphatic carbocycles. The van der Waals surface area contributed by atoms with E-state index >= 15 is 0 Å². The Morgan fingerprint density at radius 2 is 1.92 bits per heavy atom. The average Bonchev–Trinajstić information content (AvgIpc) is 2.99. The quantitative estimate of drug-likeness (QED) is 0.247. The molecular weight excluding hydrogens is 385 g/mol. The normalized spacial score (nSPS) is 11.4. The Bertz CT molecular complexity index is 921. The molecule has 3 aromatic rings. The van der Waals surface area contributed by atoms with Crippen molar-refractivity contribution < 1.29 is 0 Å². The Morgan fingerprint density at radius 1 is 1.12 bits per heavy atom. The molecule has 2 aromatic heterocycles. The van der Waals surface area contributed by atoms with Crippen molar-refractivity contribution in [2.75, 3.05) is 6.26 Å². The third-order valence-electron chi connectivity index (χ3n) is 4.53. The van der Waals surface area contributed by atoms with Gasteiger partial charge >= 0.3 is 0 Å². The summed E-state index contributed by atoms with van der Waals surface area (Å²) in [5.74, 6) is 0. The molecule has 0 saturated carbocycles. The lowest BCUT2D eigenvalue weighted by Crippen LogP contribution is -1.99. The van der Waals surface area contributed by atoms with Crippen LogP contribution < -0.4 is 0 Å². The summed E-state index contributed by atoms with van der Waals surface area (Å²) >= 11 is 14.2. The second-order valence-electron chi connectivity index (χ2n) is 6.28. The SMILES string of the molecule is CCCCCc1c(CC)nn2c(-c3ccc(Cl)cc3Cl)cc(SC)nc12. The molecule has 138 valence electrons. The highest BCUT2D eigenvalue weighted by molar-refractivity contribution is 7.98. The number of hydrogen-bond acceptors (Lipinski definition) is 3. The van der Waals surface area contributed by atoms with Gasteiger partial charge in [0, 0.05) is 16.1 Å². The highest BCUT2D eigenvalue weighted by Gasteiger charge is 2.18. The minimum Gasteiger partial charge on any atom is -0.222 e. The number of aryl methyl sites for hydroxylation is 2. The van der Waals surface area contributed by atoms with E-state index in [-0.39, 0.29) is 0 Å². The zero-order chi connectivity index (χ0) is 18.7. The van der Waals surface area contributed by atoms with Gasteiger partial charge in [-0.2, -0.15) is 5.10 Å². The summed E-state index contributed by atoms with van der Waals surface area (Å²) in [5, 5.41) is 7.10. The number of nitrogens with zero attached hydrogens (tertiary/aromatic N) is 3. The van der Waals surface area contributed by atoms with Crippen LogP contribution in [-0.4, -0.2) is 20.9 Å². The first-order valence-corrected chi connectivity index (χ1v) is 11.0. The van der Waals surface area contributed by atoms with Gasteiger partial charge in [0.2, 0.25) is 0 Å². The number of fused-ring (bicyclic) bond motifs is 1. The summed E-state index contributed by atoms with van der Waals surface area (Å²) in [5.41, 5.74) is 5.22. The van der Waals surface area contributed by atoms with Crippen molar-refractivity contribution in [2.45, 2.75) is 51.0 Å². The van der Waals surface area contributed by atoms with E-state index in [0.717, 1.165) is 46.9 Å². The molecule has 0 N–H and O–H groups in total. The van der Waals surface area contributed by atoms with Gasteiger partial charge in [0.1, 0.15) is 5.03 Å². The van der Waals surface area contributed by atoms with Crippen LogP contribution in [0.4, 0.5) is 0 Å². The Hall–Kier alpha value is -1.23. The molecule has 0 radical (unpaired) electrons. The molecule has 0 spiro atoms. The molecule has 0 bridgehead atoms. The van der Waals surface area contributed by atoms with E-state index in [1.54, 1.807) is 17.8 Å². The number of unbranched alkanes of at least 4 members (excludes halogenated alkanes) is 2. The molecule has 3 rings (SSSR count). The van der Waals surface area contributed by atoms with E-state index in [4.69, 9.17) is 33.3 Å². The Kier molecular flexibility index (Phi) is 6.49. The van der Waals surface area contributed by atoms with Crippen molar-refractivity contribution in [3.63, 3.8) is 0 Å². The molecule has 0 fully saturated rings.